The van der Waals surface area contributed by atoms with Crippen molar-refractivity contribution in [2.45, 2.75) is 19.8 Å². The molecule has 6 heteroatoms. The lowest BCUT2D eigenvalue weighted by Crippen LogP contribution is -2.31. The highest BCUT2D eigenvalue weighted by atomic mass is 35.5. The van der Waals surface area contributed by atoms with E-state index in [0.717, 1.165) is 0 Å². The average Bonchev–Trinajstić information content (AvgIpc) is 2.46. The number of carbonyl (C=O) groups excluding carboxylic acids is 2. The Bertz CT molecular complexity index is 500. The van der Waals surface area contributed by atoms with E-state index in [0.29, 0.717) is 35.9 Å². The van der Waals surface area contributed by atoms with E-state index >= 15 is 0 Å². The molecule has 0 saturated carbocycles. The number of ether oxygens (including phenoxy) is 1. The lowest BCUT2D eigenvalue weighted by atomic mass is 10.3. The number of halogens is 1. The van der Waals surface area contributed by atoms with Gasteiger partial charge in [-0.25, -0.2) is 0 Å². The maximum absolute atomic E-state index is 11.6. The lowest BCUT2D eigenvalue weighted by molar-refractivity contribution is -0.123. The second-order valence-electron chi connectivity index (χ2n) is 4.35. The van der Waals surface area contributed by atoms with Crippen molar-refractivity contribution in [1.29, 1.82) is 0 Å². The molecule has 0 atom stereocenters. The quantitative estimate of drug-likeness (QED) is 0.774. The molecule has 0 aliphatic rings. The Morgan fingerprint density at radius 1 is 1.24 bits per heavy atom. The summed E-state index contributed by atoms with van der Waals surface area (Å²) in [6, 6.07) is 6.76. The molecule has 0 unspecified atom stereocenters. The van der Waals surface area contributed by atoms with E-state index in [1.54, 1.807) is 31.2 Å². The third kappa shape index (κ3) is 7.37. The van der Waals surface area contributed by atoms with Crippen molar-refractivity contribution in [1.82, 2.24) is 10.6 Å². The molecule has 0 bridgehead atoms. The summed E-state index contributed by atoms with van der Waals surface area (Å²) in [6.07, 6.45) is 0.888. The molecular weight excluding hydrogens is 292 g/mol. The van der Waals surface area contributed by atoms with Gasteiger partial charge in [0.15, 0.2) is 6.61 Å². The zero-order valence-corrected chi connectivity index (χ0v) is 12.7. The summed E-state index contributed by atoms with van der Waals surface area (Å²) in [5.74, 6) is 0.256. The fourth-order valence-corrected chi connectivity index (χ4v) is 1.56. The summed E-state index contributed by atoms with van der Waals surface area (Å²) >= 11 is 5.75. The van der Waals surface area contributed by atoms with Gasteiger partial charge in [-0.3, -0.25) is 9.59 Å². The predicted molar refractivity (Wildman–Crippen MR) is 82.1 cm³/mol. The Balaban J connectivity index is 2.18. The van der Waals surface area contributed by atoms with E-state index < -0.39 is 0 Å². The molecule has 0 heterocycles. The summed E-state index contributed by atoms with van der Waals surface area (Å²) in [5, 5.41) is 5.93. The Morgan fingerprint density at radius 2 is 1.90 bits per heavy atom. The van der Waals surface area contributed by atoms with E-state index in [-0.39, 0.29) is 18.4 Å². The minimum Gasteiger partial charge on any atom is -0.484 e. The first-order chi connectivity index (χ1) is 10.0. The molecule has 21 heavy (non-hydrogen) atoms. The van der Waals surface area contributed by atoms with Crippen molar-refractivity contribution >= 4 is 23.4 Å². The average molecular weight is 311 g/mol. The van der Waals surface area contributed by atoms with E-state index in [1.165, 1.54) is 0 Å². The SMILES string of the molecule is C=C(CCNC(=O)COc1ccc(Cl)cc1)NC(=O)CC. The molecule has 1 aromatic carbocycles. The van der Waals surface area contributed by atoms with Crippen molar-refractivity contribution in [3.05, 3.63) is 41.6 Å². The second kappa shape index (κ2) is 9.02. The molecule has 0 aromatic heterocycles. The molecule has 5 nitrogen and oxygen atoms in total. The van der Waals surface area contributed by atoms with Gasteiger partial charge in [0, 0.05) is 30.1 Å². The molecule has 0 aliphatic carbocycles. The minimum absolute atomic E-state index is 0.0740. The molecule has 2 amide bonds. The van der Waals surface area contributed by atoms with Crippen LogP contribution in [-0.4, -0.2) is 25.0 Å². The second-order valence-corrected chi connectivity index (χ2v) is 4.78. The number of amides is 2. The molecule has 0 radical (unpaired) electrons. The van der Waals surface area contributed by atoms with Gasteiger partial charge in [0.25, 0.3) is 5.91 Å². The number of hydrogen-bond donors (Lipinski definition) is 2. The summed E-state index contributed by atoms with van der Waals surface area (Å²) in [7, 11) is 0. The van der Waals surface area contributed by atoms with Crippen molar-refractivity contribution < 1.29 is 14.3 Å². The highest BCUT2D eigenvalue weighted by Crippen LogP contribution is 2.15. The van der Waals surface area contributed by atoms with E-state index in [4.69, 9.17) is 16.3 Å². The van der Waals surface area contributed by atoms with Gasteiger partial charge in [0.05, 0.1) is 0 Å². The molecule has 2 N–H and O–H groups in total. The van der Waals surface area contributed by atoms with Gasteiger partial charge in [0.1, 0.15) is 5.75 Å². The van der Waals surface area contributed by atoms with Crippen LogP contribution in [0.5, 0.6) is 5.75 Å². The Kier molecular flexibility index (Phi) is 7.32. The highest BCUT2D eigenvalue weighted by Gasteiger charge is 2.04. The molecule has 1 aromatic rings. The topological polar surface area (TPSA) is 67.4 Å². The number of carbonyl (C=O) groups is 2. The van der Waals surface area contributed by atoms with E-state index in [9.17, 15) is 9.59 Å². The fourth-order valence-electron chi connectivity index (χ4n) is 1.43. The zero-order valence-electron chi connectivity index (χ0n) is 11.9. The third-order valence-corrected chi connectivity index (χ3v) is 2.82. The van der Waals surface area contributed by atoms with Gasteiger partial charge in [-0.2, -0.15) is 0 Å². The van der Waals surface area contributed by atoms with Crippen LogP contribution in [0, 0.1) is 0 Å². The monoisotopic (exact) mass is 310 g/mol. The summed E-state index contributed by atoms with van der Waals surface area (Å²) < 4.78 is 5.30. The smallest absolute Gasteiger partial charge is 0.257 e. The largest absolute Gasteiger partial charge is 0.484 e. The fraction of sp³-hybridized carbons (Fsp3) is 0.333. The van der Waals surface area contributed by atoms with Crippen molar-refractivity contribution in [2.75, 3.05) is 13.2 Å². The van der Waals surface area contributed by atoms with Crippen LogP contribution >= 0.6 is 11.6 Å². The Hall–Kier alpha value is -2.01. The van der Waals surface area contributed by atoms with Gasteiger partial charge in [-0.15, -0.1) is 0 Å². The van der Waals surface area contributed by atoms with Crippen LogP contribution in [0.3, 0.4) is 0 Å². The standard InChI is InChI=1S/C15H19ClN2O3/c1-3-14(19)18-11(2)8-9-17-15(20)10-21-13-6-4-12(16)5-7-13/h4-7H,2-3,8-10H2,1H3,(H,17,20)(H,18,19). The first-order valence-electron chi connectivity index (χ1n) is 6.64. The summed E-state index contributed by atoms with van der Waals surface area (Å²) in [5.41, 5.74) is 0.584. The molecule has 114 valence electrons. The number of rotatable bonds is 8. The van der Waals surface area contributed by atoms with Crippen LogP contribution < -0.4 is 15.4 Å². The van der Waals surface area contributed by atoms with Gasteiger partial charge < -0.3 is 15.4 Å². The molecular formula is C15H19ClN2O3. The maximum Gasteiger partial charge on any atom is 0.257 e. The van der Waals surface area contributed by atoms with Gasteiger partial charge in [0.2, 0.25) is 5.91 Å². The first-order valence-corrected chi connectivity index (χ1v) is 7.01. The normalized spacial score (nSPS) is 9.81. The molecule has 1 rings (SSSR count). The Labute approximate surface area is 129 Å². The van der Waals surface area contributed by atoms with Gasteiger partial charge in [-0.1, -0.05) is 25.1 Å². The summed E-state index contributed by atoms with van der Waals surface area (Å²) in [4.78, 5) is 22.7. The number of hydrogen-bond acceptors (Lipinski definition) is 3. The zero-order chi connectivity index (χ0) is 15.7. The number of benzene rings is 1. The predicted octanol–water partition coefficient (Wildman–Crippen LogP) is 2.27. The molecule has 0 aliphatic heterocycles. The number of nitrogens with one attached hydrogen (secondary N) is 2. The van der Waals surface area contributed by atoms with Crippen LogP contribution in [0.1, 0.15) is 19.8 Å². The van der Waals surface area contributed by atoms with Crippen LogP contribution in [-0.2, 0) is 9.59 Å². The first kappa shape index (κ1) is 17.0. The van der Waals surface area contributed by atoms with E-state index in [1.807, 2.05) is 0 Å². The van der Waals surface area contributed by atoms with Crippen LogP contribution in [0.4, 0.5) is 0 Å². The van der Waals surface area contributed by atoms with Gasteiger partial charge in [-0.05, 0) is 24.3 Å². The van der Waals surface area contributed by atoms with Crippen LogP contribution in [0.25, 0.3) is 0 Å². The maximum atomic E-state index is 11.6. The molecule has 0 spiro atoms. The van der Waals surface area contributed by atoms with Crippen molar-refractivity contribution in [2.24, 2.45) is 0 Å². The highest BCUT2D eigenvalue weighted by molar-refractivity contribution is 6.30. The summed E-state index contributed by atoms with van der Waals surface area (Å²) in [6.45, 7) is 5.80. The molecule has 0 saturated heterocycles. The van der Waals surface area contributed by atoms with Crippen molar-refractivity contribution in [3.63, 3.8) is 0 Å². The molecule has 0 fully saturated rings. The van der Waals surface area contributed by atoms with Crippen LogP contribution in [0.15, 0.2) is 36.5 Å². The Morgan fingerprint density at radius 3 is 2.52 bits per heavy atom. The third-order valence-electron chi connectivity index (χ3n) is 2.57. The van der Waals surface area contributed by atoms with Crippen molar-refractivity contribution in [3.8, 4) is 5.75 Å². The lowest BCUT2D eigenvalue weighted by Gasteiger charge is -2.09. The van der Waals surface area contributed by atoms with Gasteiger partial charge >= 0.3 is 0 Å². The van der Waals surface area contributed by atoms with Crippen LogP contribution in [0.2, 0.25) is 5.02 Å². The minimum atomic E-state index is -0.237. The van der Waals surface area contributed by atoms with E-state index in [2.05, 4.69) is 17.2 Å².